The van der Waals surface area contributed by atoms with Crippen LogP contribution in [0.15, 0.2) is 91.4 Å². The van der Waals surface area contributed by atoms with Gasteiger partial charge in [0.2, 0.25) is 5.69 Å². The lowest BCUT2D eigenvalue weighted by Crippen LogP contribution is -2.56. The average Bonchev–Trinajstić information content (AvgIpc) is 3.32. The molecule has 1 aliphatic rings. The molecule has 5 heteroatoms. The fourth-order valence-electron chi connectivity index (χ4n) is 6.18. The molecule has 0 radical (unpaired) electrons. The first-order chi connectivity index (χ1) is 19.3. The van der Waals surface area contributed by atoms with E-state index in [-0.39, 0.29) is 11.0 Å². The molecule has 5 aromatic rings. The van der Waals surface area contributed by atoms with E-state index < -0.39 is 0 Å². The molecule has 0 amide bonds. The third-order valence-electron chi connectivity index (χ3n) is 8.58. The van der Waals surface area contributed by atoms with Gasteiger partial charge >= 0.3 is 0 Å². The third kappa shape index (κ3) is 4.25. The highest BCUT2D eigenvalue weighted by Crippen LogP contribution is 2.39. The summed E-state index contributed by atoms with van der Waals surface area (Å²) in [5, 5.41) is 6.07. The molecule has 0 unspecified atom stereocenters. The van der Waals surface area contributed by atoms with E-state index in [0.29, 0.717) is 0 Å². The zero-order valence-electron chi connectivity index (χ0n) is 24.5. The fraction of sp³-hybridized carbons (Fsp3) is 0.314. The number of allylic oxidation sites excluding steroid dienone is 2. The molecule has 6 rings (SSSR count). The van der Waals surface area contributed by atoms with Gasteiger partial charge in [-0.1, -0.05) is 71.0 Å². The Bertz CT molecular complexity index is 1750. The standard InChI is InChI=1S/C35H39N5/c1-7-35(8-2)22-25(23-39-20-14-13-19-30(39)31-21-32(34(3,4)5)37-38(31)6)26-15-9-10-16-27(26)33-28-17-11-12-18-29(28)36-24-40(33)35/h9-22,24H,7-8,23H2,1-6H3/q+2. The van der Waals surface area contributed by atoms with E-state index in [0.717, 1.165) is 42.0 Å². The summed E-state index contributed by atoms with van der Waals surface area (Å²) >= 11 is 0. The smallest absolute Gasteiger partial charge is 0.262 e. The number of nitrogens with zero attached hydrogens (tertiary/aromatic N) is 5. The van der Waals surface area contributed by atoms with Crippen molar-refractivity contribution in [3.8, 4) is 22.6 Å². The van der Waals surface area contributed by atoms with Crippen LogP contribution in [0.5, 0.6) is 0 Å². The Hall–Kier alpha value is -4.12. The first-order valence-corrected chi connectivity index (χ1v) is 14.4. The largest absolute Gasteiger partial charge is 0.288 e. The van der Waals surface area contributed by atoms with Crippen LogP contribution in [0, 0.1) is 0 Å². The Morgan fingerprint density at radius 1 is 0.875 bits per heavy atom. The van der Waals surface area contributed by atoms with Crippen LogP contribution in [0.2, 0.25) is 0 Å². The predicted molar refractivity (Wildman–Crippen MR) is 161 cm³/mol. The minimum Gasteiger partial charge on any atom is -0.262 e. The quantitative estimate of drug-likeness (QED) is 0.235. The molecule has 1 aliphatic heterocycles. The highest BCUT2D eigenvalue weighted by atomic mass is 15.3. The number of aryl methyl sites for hydroxylation is 1. The summed E-state index contributed by atoms with van der Waals surface area (Å²) in [6, 6.07) is 26.1. The van der Waals surface area contributed by atoms with Crippen LogP contribution >= 0.6 is 0 Å². The Balaban J connectivity index is 1.57. The van der Waals surface area contributed by atoms with Crippen molar-refractivity contribution in [1.29, 1.82) is 0 Å². The van der Waals surface area contributed by atoms with Crippen LogP contribution in [0.4, 0.5) is 0 Å². The van der Waals surface area contributed by atoms with Crippen LogP contribution in [-0.4, -0.2) is 14.8 Å². The second kappa shape index (κ2) is 9.81. The van der Waals surface area contributed by atoms with Gasteiger partial charge in [0, 0.05) is 35.7 Å². The highest BCUT2D eigenvalue weighted by Gasteiger charge is 2.39. The zero-order chi connectivity index (χ0) is 28.1. The molecule has 0 fully saturated rings. The maximum Gasteiger partial charge on any atom is 0.288 e. The van der Waals surface area contributed by atoms with E-state index in [1.807, 2.05) is 11.7 Å². The van der Waals surface area contributed by atoms with Gasteiger partial charge in [-0.2, -0.15) is 9.67 Å². The van der Waals surface area contributed by atoms with E-state index in [4.69, 9.17) is 10.1 Å². The van der Waals surface area contributed by atoms with Gasteiger partial charge in [0.15, 0.2) is 18.3 Å². The molecule has 0 N–H and O–H groups in total. The number of aromatic nitrogens is 5. The topological polar surface area (TPSA) is 38.5 Å². The van der Waals surface area contributed by atoms with Crippen LogP contribution in [0.3, 0.4) is 0 Å². The van der Waals surface area contributed by atoms with Gasteiger partial charge in [-0.3, -0.25) is 4.68 Å². The summed E-state index contributed by atoms with van der Waals surface area (Å²) in [5.74, 6) is 0. The van der Waals surface area contributed by atoms with Gasteiger partial charge in [0.05, 0.1) is 11.1 Å². The van der Waals surface area contributed by atoms with E-state index >= 15 is 0 Å². The first kappa shape index (κ1) is 26.1. The molecule has 0 bridgehead atoms. The lowest BCUT2D eigenvalue weighted by atomic mass is 9.88. The second-order valence-corrected chi connectivity index (χ2v) is 12.0. The molecular formula is C35H39N5+2. The van der Waals surface area contributed by atoms with E-state index in [2.05, 4.69) is 135 Å². The van der Waals surface area contributed by atoms with E-state index in [1.54, 1.807) is 0 Å². The molecule has 0 aliphatic carbocycles. The summed E-state index contributed by atoms with van der Waals surface area (Å²) in [6.45, 7) is 12.0. The maximum absolute atomic E-state index is 4.91. The molecule has 0 spiro atoms. The van der Waals surface area contributed by atoms with Gasteiger partial charge in [0.25, 0.3) is 6.33 Å². The van der Waals surface area contributed by atoms with Crippen molar-refractivity contribution in [2.24, 2.45) is 7.05 Å². The number of rotatable bonds is 5. The van der Waals surface area contributed by atoms with Crippen LogP contribution < -0.4 is 9.13 Å². The molecule has 202 valence electrons. The maximum atomic E-state index is 4.91. The predicted octanol–water partition coefficient (Wildman–Crippen LogP) is 6.79. The molecule has 5 nitrogen and oxygen atoms in total. The number of fused-ring (bicyclic) bond motifs is 5. The van der Waals surface area contributed by atoms with Crippen LogP contribution in [0.25, 0.3) is 39.1 Å². The summed E-state index contributed by atoms with van der Waals surface area (Å²) in [6.07, 6.45) is 8.73. The molecule has 0 saturated heterocycles. The Labute approximate surface area is 237 Å². The van der Waals surface area contributed by atoms with Crippen LogP contribution in [-0.2, 0) is 24.5 Å². The number of hydrogen-bond donors (Lipinski definition) is 0. The van der Waals surface area contributed by atoms with Crippen molar-refractivity contribution >= 4 is 16.5 Å². The van der Waals surface area contributed by atoms with E-state index in [1.165, 1.54) is 27.8 Å². The highest BCUT2D eigenvalue weighted by molar-refractivity contribution is 5.94. The van der Waals surface area contributed by atoms with Crippen molar-refractivity contribution in [3.05, 3.63) is 103 Å². The Morgan fingerprint density at radius 2 is 1.57 bits per heavy atom. The van der Waals surface area contributed by atoms with Crippen molar-refractivity contribution in [2.75, 3.05) is 0 Å². The molecule has 4 heterocycles. The van der Waals surface area contributed by atoms with Gasteiger partial charge in [-0.05, 0) is 53.7 Å². The second-order valence-electron chi connectivity index (χ2n) is 12.0. The zero-order valence-corrected chi connectivity index (χ0v) is 24.5. The number of benzene rings is 2. The summed E-state index contributed by atoms with van der Waals surface area (Å²) in [4.78, 5) is 4.91. The van der Waals surface area contributed by atoms with Crippen molar-refractivity contribution in [1.82, 2.24) is 14.8 Å². The Kier molecular flexibility index (Phi) is 6.41. The summed E-state index contributed by atoms with van der Waals surface area (Å²) in [7, 11) is 2.05. The van der Waals surface area contributed by atoms with Gasteiger partial charge < -0.3 is 0 Å². The van der Waals surface area contributed by atoms with Crippen molar-refractivity contribution < 1.29 is 9.13 Å². The number of pyridine rings is 1. The minimum atomic E-state index is -0.192. The van der Waals surface area contributed by atoms with Crippen molar-refractivity contribution in [2.45, 2.75) is 65.0 Å². The van der Waals surface area contributed by atoms with Gasteiger partial charge in [-0.25, -0.2) is 4.57 Å². The normalized spacial score (nSPS) is 14.4. The summed E-state index contributed by atoms with van der Waals surface area (Å²) in [5.41, 5.74) is 9.30. The first-order valence-electron chi connectivity index (χ1n) is 14.4. The Morgan fingerprint density at radius 3 is 2.30 bits per heavy atom. The SMILES string of the molecule is CCC1(CC)C=C(C[n+]2ccccc2-c2cc(C(C)(C)C)nn2C)c2ccccc2-c2c3ccccc3nc[n+]21. The van der Waals surface area contributed by atoms with Gasteiger partial charge in [0.1, 0.15) is 16.9 Å². The monoisotopic (exact) mass is 529 g/mol. The minimum absolute atomic E-state index is 0.0139. The summed E-state index contributed by atoms with van der Waals surface area (Å²) < 4.78 is 6.83. The molecule has 0 saturated carbocycles. The van der Waals surface area contributed by atoms with E-state index in [9.17, 15) is 0 Å². The molecule has 0 atom stereocenters. The molecule has 2 aromatic carbocycles. The van der Waals surface area contributed by atoms with Gasteiger partial charge in [-0.15, -0.1) is 0 Å². The lowest BCUT2D eigenvalue weighted by molar-refractivity contribution is -0.745. The average molecular weight is 530 g/mol. The molecule has 40 heavy (non-hydrogen) atoms. The fourth-order valence-corrected chi connectivity index (χ4v) is 6.18. The van der Waals surface area contributed by atoms with Crippen LogP contribution in [0.1, 0.15) is 58.7 Å². The lowest BCUT2D eigenvalue weighted by Gasteiger charge is -2.27. The van der Waals surface area contributed by atoms with Crippen molar-refractivity contribution in [3.63, 3.8) is 0 Å². The molecular weight excluding hydrogens is 490 g/mol. The molecule has 3 aromatic heterocycles. The number of para-hydroxylation sites is 1. The third-order valence-corrected chi connectivity index (χ3v) is 8.58. The number of hydrogen-bond acceptors (Lipinski definition) is 2.